The number of aliphatic hydroxyl groups is 2. The number of ether oxygens (including phenoxy) is 1. The Labute approximate surface area is 194 Å². The van der Waals surface area contributed by atoms with Crippen molar-refractivity contribution in [1.82, 2.24) is 0 Å². The SMILES string of the molecule is CCOc1ccc(NC(=S)/C(=C(\O)c2ccc(C)cc2)[n+]2ccc(CCCO)cc2)cc1. The van der Waals surface area contributed by atoms with Gasteiger partial charge in [-0.25, -0.2) is 0 Å². The Hall–Kier alpha value is -3.22. The molecule has 0 fully saturated rings. The van der Waals surface area contributed by atoms with Gasteiger partial charge in [-0.3, -0.25) is 0 Å². The molecule has 0 atom stereocenters. The summed E-state index contributed by atoms with van der Waals surface area (Å²) in [5.74, 6) is 0.872. The molecule has 0 aliphatic rings. The fraction of sp³-hybridized carbons (Fsp3) is 0.231. The minimum Gasteiger partial charge on any atom is -0.502 e. The van der Waals surface area contributed by atoms with Gasteiger partial charge in [-0.2, -0.15) is 4.57 Å². The normalized spacial score (nSPS) is 11.6. The summed E-state index contributed by atoms with van der Waals surface area (Å²) in [6, 6.07) is 19.1. The molecule has 0 bridgehead atoms. The van der Waals surface area contributed by atoms with Gasteiger partial charge in [0.1, 0.15) is 5.75 Å². The van der Waals surface area contributed by atoms with E-state index in [-0.39, 0.29) is 12.4 Å². The highest BCUT2D eigenvalue weighted by molar-refractivity contribution is 7.81. The molecule has 166 valence electrons. The molecule has 0 unspecified atom stereocenters. The van der Waals surface area contributed by atoms with E-state index in [4.69, 9.17) is 22.1 Å². The van der Waals surface area contributed by atoms with Crippen LogP contribution in [0.15, 0.2) is 73.1 Å². The molecule has 3 N–H and O–H groups in total. The summed E-state index contributed by atoms with van der Waals surface area (Å²) in [5, 5.41) is 23.5. The monoisotopic (exact) mass is 449 g/mol. The Balaban J connectivity index is 1.95. The van der Waals surface area contributed by atoms with Crippen LogP contribution in [0.3, 0.4) is 0 Å². The minimum absolute atomic E-state index is 0.0848. The van der Waals surface area contributed by atoms with Crippen LogP contribution in [0.25, 0.3) is 11.5 Å². The second kappa shape index (κ2) is 11.4. The van der Waals surface area contributed by atoms with Gasteiger partial charge in [0.2, 0.25) is 0 Å². The van der Waals surface area contributed by atoms with Crippen LogP contribution in [0.4, 0.5) is 5.69 Å². The number of nitrogens with one attached hydrogen (secondary N) is 1. The fourth-order valence-electron chi connectivity index (χ4n) is 3.24. The number of aryl methyl sites for hydroxylation is 2. The van der Waals surface area contributed by atoms with E-state index in [2.05, 4.69) is 5.32 Å². The van der Waals surface area contributed by atoms with Crippen LogP contribution in [0.5, 0.6) is 5.75 Å². The molecule has 2 aromatic carbocycles. The summed E-state index contributed by atoms with van der Waals surface area (Å²) in [6.07, 6.45) is 5.24. The molecule has 0 aliphatic carbocycles. The molecule has 1 aromatic heterocycles. The number of anilines is 1. The number of aromatic nitrogens is 1. The van der Waals surface area contributed by atoms with E-state index in [1.54, 1.807) is 0 Å². The summed E-state index contributed by atoms with van der Waals surface area (Å²) < 4.78 is 7.30. The zero-order valence-electron chi connectivity index (χ0n) is 18.4. The van der Waals surface area contributed by atoms with Gasteiger partial charge in [-0.05, 0) is 56.5 Å². The molecule has 0 spiro atoms. The largest absolute Gasteiger partial charge is 0.502 e. The Kier molecular flexibility index (Phi) is 8.36. The third kappa shape index (κ3) is 6.15. The molecule has 0 amide bonds. The highest BCUT2D eigenvalue weighted by atomic mass is 32.1. The third-order valence-electron chi connectivity index (χ3n) is 4.97. The van der Waals surface area contributed by atoms with Crippen LogP contribution >= 0.6 is 12.2 Å². The molecule has 1 heterocycles. The van der Waals surface area contributed by atoms with Crippen molar-refractivity contribution < 1.29 is 19.5 Å². The average molecular weight is 450 g/mol. The Bertz CT molecular complexity index is 1060. The van der Waals surface area contributed by atoms with Gasteiger partial charge in [-0.15, -0.1) is 0 Å². The van der Waals surface area contributed by atoms with Crippen molar-refractivity contribution in [3.8, 4) is 5.75 Å². The van der Waals surface area contributed by atoms with Gasteiger partial charge >= 0.3 is 0 Å². The van der Waals surface area contributed by atoms with Gasteiger partial charge in [-0.1, -0.05) is 42.0 Å². The van der Waals surface area contributed by atoms with Crippen LogP contribution in [0, 0.1) is 6.92 Å². The molecule has 0 radical (unpaired) electrons. The van der Waals surface area contributed by atoms with E-state index in [1.165, 1.54) is 0 Å². The predicted octanol–water partition coefficient (Wildman–Crippen LogP) is 4.93. The van der Waals surface area contributed by atoms with Crippen molar-refractivity contribution >= 4 is 34.3 Å². The second-order valence-electron chi connectivity index (χ2n) is 7.42. The first kappa shape index (κ1) is 23.4. The van der Waals surface area contributed by atoms with Gasteiger partial charge in [0, 0.05) is 30.0 Å². The van der Waals surface area contributed by atoms with Crippen LogP contribution < -0.4 is 14.6 Å². The van der Waals surface area contributed by atoms with Gasteiger partial charge < -0.3 is 20.3 Å². The van der Waals surface area contributed by atoms with Crippen molar-refractivity contribution in [3.05, 3.63) is 89.7 Å². The molecular weight excluding hydrogens is 420 g/mol. The predicted molar refractivity (Wildman–Crippen MR) is 133 cm³/mol. The number of hydrogen-bond donors (Lipinski definition) is 3. The lowest BCUT2D eigenvalue weighted by molar-refractivity contribution is -0.575. The lowest BCUT2D eigenvalue weighted by Gasteiger charge is -2.11. The van der Waals surface area contributed by atoms with Crippen molar-refractivity contribution in [3.63, 3.8) is 0 Å². The average Bonchev–Trinajstić information content (AvgIpc) is 2.80. The van der Waals surface area contributed by atoms with Crippen LogP contribution in [0.1, 0.15) is 30.0 Å². The molecule has 5 nitrogen and oxygen atoms in total. The Morgan fingerprint density at radius 1 is 1.00 bits per heavy atom. The highest BCUT2D eigenvalue weighted by Crippen LogP contribution is 2.21. The summed E-state index contributed by atoms with van der Waals surface area (Å²) in [5.41, 5.74) is 4.17. The number of thiocarbonyl (C=S) groups is 1. The highest BCUT2D eigenvalue weighted by Gasteiger charge is 2.24. The summed E-state index contributed by atoms with van der Waals surface area (Å²) in [6.45, 7) is 4.71. The maximum atomic E-state index is 11.2. The number of rotatable bonds is 9. The summed E-state index contributed by atoms with van der Waals surface area (Å²) in [7, 11) is 0. The number of pyridine rings is 1. The van der Waals surface area contributed by atoms with Crippen molar-refractivity contribution in [2.24, 2.45) is 0 Å². The van der Waals surface area contributed by atoms with E-state index in [1.807, 2.05) is 91.5 Å². The fourth-order valence-corrected chi connectivity index (χ4v) is 3.56. The maximum Gasteiger partial charge on any atom is 0.288 e. The number of benzene rings is 2. The van der Waals surface area contributed by atoms with E-state index >= 15 is 0 Å². The van der Waals surface area contributed by atoms with Gasteiger partial charge in [0.05, 0.1) is 6.61 Å². The van der Waals surface area contributed by atoms with E-state index in [0.29, 0.717) is 29.3 Å². The summed E-state index contributed by atoms with van der Waals surface area (Å²) >= 11 is 5.71. The van der Waals surface area contributed by atoms with E-state index in [9.17, 15) is 5.11 Å². The van der Waals surface area contributed by atoms with Crippen molar-refractivity contribution in [2.45, 2.75) is 26.7 Å². The molecule has 0 saturated carbocycles. The van der Waals surface area contributed by atoms with Gasteiger partial charge in [0.25, 0.3) is 5.70 Å². The standard InChI is InChI=1S/C26H28N2O3S/c1-3-31-23-12-10-22(11-13-23)27-26(32)24(25(30)21-8-6-19(2)7-9-21)28-16-14-20(15-17-28)5-4-18-29/h6-17,29H,3-5,18H2,1-2H3,(H-,27,30,32)/p+1. The van der Waals surface area contributed by atoms with Crippen molar-refractivity contribution in [1.29, 1.82) is 0 Å². The van der Waals surface area contributed by atoms with Crippen LogP contribution in [0.2, 0.25) is 0 Å². The maximum absolute atomic E-state index is 11.2. The first-order chi connectivity index (χ1) is 15.5. The first-order valence-corrected chi connectivity index (χ1v) is 11.1. The van der Waals surface area contributed by atoms with Crippen LogP contribution in [-0.2, 0) is 6.42 Å². The quantitative estimate of drug-likeness (QED) is 0.187. The molecule has 32 heavy (non-hydrogen) atoms. The molecule has 0 saturated heterocycles. The number of aliphatic hydroxyl groups excluding tert-OH is 2. The summed E-state index contributed by atoms with van der Waals surface area (Å²) in [4.78, 5) is 0.389. The topological polar surface area (TPSA) is 65.6 Å². The molecular formula is C26H29N2O3S+. The number of nitrogens with zero attached hydrogens (tertiary/aromatic N) is 1. The first-order valence-electron chi connectivity index (χ1n) is 10.7. The zero-order valence-corrected chi connectivity index (χ0v) is 19.2. The lowest BCUT2D eigenvalue weighted by atomic mass is 10.1. The third-order valence-corrected chi connectivity index (χ3v) is 5.26. The Morgan fingerprint density at radius 2 is 1.66 bits per heavy atom. The van der Waals surface area contributed by atoms with Crippen molar-refractivity contribution in [2.75, 3.05) is 18.5 Å². The second-order valence-corrected chi connectivity index (χ2v) is 7.82. The Morgan fingerprint density at radius 3 is 2.25 bits per heavy atom. The molecule has 0 aliphatic heterocycles. The lowest BCUT2D eigenvalue weighted by Crippen LogP contribution is -2.38. The van der Waals surface area contributed by atoms with E-state index < -0.39 is 0 Å². The molecule has 6 heteroatoms. The molecule has 3 rings (SSSR count). The van der Waals surface area contributed by atoms with E-state index in [0.717, 1.165) is 29.0 Å². The number of hydrogen-bond acceptors (Lipinski definition) is 4. The van der Waals surface area contributed by atoms with Gasteiger partial charge in [0.15, 0.2) is 23.1 Å². The molecule has 3 aromatic rings. The smallest absolute Gasteiger partial charge is 0.288 e. The zero-order chi connectivity index (χ0) is 22.9. The minimum atomic E-state index is 0.0848. The van der Waals surface area contributed by atoms with Crippen LogP contribution in [-0.4, -0.2) is 28.4 Å².